The Morgan fingerprint density at radius 1 is 1.25 bits per heavy atom. The maximum Gasteiger partial charge on any atom is 0.308 e. The number of fused-ring (bicyclic) bond motifs is 6. The second-order valence-electron chi connectivity index (χ2n) is 8.65. The lowest BCUT2D eigenvalue weighted by molar-refractivity contribution is -0.131. The number of carbonyl (C=O) groups is 1. The second-order valence-corrected chi connectivity index (χ2v) is 8.65. The highest BCUT2D eigenvalue weighted by Gasteiger charge is 2.68. The standard InChI is InChI=1S/C21H26O3/c1-13(22)24-15-4-6-16-14(11-15)3-5-18-17(16)7-9-20(2)19(18)8-10-21(20)12-23-21/h4,6,11,17-19H,3,5,7-10,12H2,1-2H3/t17-,18+,19-,20-,21-/m1/s1. The number of hydrogen-bond acceptors (Lipinski definition) is 3. The van der Waals surface area contributed by atoms with E-state index in [4.69, 9.17) is 9.47 Å². The number of carbonyl (C=O) groups excluding carboxylic acids is 1. The van der Waals surface area contributed by atoms with Gasteiger partial charge < -0.3 is 9.47 Å². The van der Waals surface area contributed by atoms with Crippen molar-refractivity contribution in [3.8, 4) is 5.75 Å². The van der Waals surface area contributed by atoms with Crippen LogP contribution in [0, 0.1) is 17.3 Å². The van der Waals surface area contributed by atoms with Gasteiger partial charge in [0.1, 0.15) is 5.75 Å². The highest BCUT2D eigenvalue weighted by atomic mass is 16.6. The van der Waals surface area contributed by atoms with Crippen LogP contribution in [-0.2, 0) is 16.0 Å². The molecule has 0 radical (unpaired) electrons. The lowest BCUT2D eigenvalue weighted by atomic mass is 9.54. The van der Waals surface area contributed by atoms with Crippen molar-refractivity contribution in [1.82, 2.24) is 0 Å². The molecule has 0 amide bonds. The van der Waals surface area contributed by atoms with E-state index in [0.29, 0.717) is 17.1 Å². The third-order valence-corrected chi connectivity index (χ3v) is 7.74. The van der Waals surface area contributed by atoms with Crippen LogP contribution < -0.4 is 4.74 Å². The van der Waals surface area contributed by atoms with Crippen LogP contribution >= 0.6 is 0 Å². The third-order valence-electron chi connectivity index (χ3n) is 7.74. The molecule has 3 fully saturated rings. The molecule has 1 spiro atoms. The van der Waals surface area contributed by atoms with Crippen molar-refractivity contribution in [2.75, 3.05) is 6.61 Å². The summed E-state index contributed by atoms with van der Waals surface area (Å²) in [7, 11) is 0. The van der Waals surface area contributed by atoms with Crippen molar-refractivity contribution in [3.63, 3.8) is 0 Å². The molecule has 1 aliphatic heterocycles. The topological polar surface area (TPSA) is 38.8 Å². The Bertz CT molecular complexity index is 705. The lowest BCUT2D eigenvalue weighted by Crippen LogP contribution is -2.45. The molecule has 0 N–H and O–H groups in total. The Labute approximate surface area is 143 Å². The van der Waals surface area contributed by atoms with Gasteiger partial charge in [0, 0.05) is 12.3 Å². The molecule has 1 aromatic rings. The lowest BCUT2D eigenvalue weighted by Gasteiger charge is -2.50. The van der Waals surface area contributed by atoms with Crippen molar-refractivity contribution < 1.29 is 14.3 Å². The van der Waals surface area contributed by atoms with Crippen LogP contribution in [0.3, 0.4) is 0 Å². The van der Waals surface area contributed by atoms with Gasteiger partial charge in [0.25, 0.3) is 0 Å². The second kappa shape index (κ2) is 4.85. The van der Waals surface area contributed by atoms with E-state index >= 15 is 0 Å². The Morgan fingerprint density at radius 3 is 2.83 bits per heavy atom. The molecule has 5 atom stereocenters. The molecule has 24 heavy (non-hydrogen) atoms. The molecule has 0 bridgehead atoms. The fourth-order valence-corrected chi connectivity index (χ4v) is 6.44. The maximum atomic E-state index is 11.2. The molecule has 3 heteroatoms. The van der Waals surface area contributed by atoms with E-state index in [9.17, 15) is 4.79 Å². The van der Waals surface area contributed by atoms with Crippen molar-refractivity contribution in [2.45, 2.75) is 63.9 Å². The van der Waals surface area contributed by atoms with E-state index in [2.05, 4.69) is 19.1 Å². The van der Waals surface area contributed by atoms with Gasteiger partial charge in [-0.1, -0.05) is 13.0 Å². The summed E-state index contributed by atoms with van der Waals surface area (Å²) >= 11 is 0. The van der Waals surface area contributed by atoms with Gasteiger partial charge in [-0.15, -0.1) is 0 Å². The van der Waals surface area contributed by atoms with Crippen LogP contribution in [0.4, 0.5) is 0 Å². The number of hydrogen-bond donors (Lipinski definition) is 0. The van der Waals surface area contributed by atoms with Crippen LogP contribution in [0.1, 0.15) is 63.0 Å². The molecule has 1 heterocycles. The number of rotatable bonds is 1. The van der Waals surface area contributed by atoms with Crippen LogP contribution in [0.5, 0.6) is 5.75 Å². The molecule has 1 saturated heterocycles. The quantitative estimate of drug-likeness (QED) is 0.440. The van der Waals surface area contributed by atoms with Crippen LogP contribution in [-0.4, -0.2) is 18.2 Å². The molecule has 2 saturated carbocycles. The van der Waals surface area contributed by atoms with Gasteiger partial charge in [0.2, 0.25) is 0 Å². The van der Waals surface area contributed by atoms with Gasteiger partial charge >= 0.3 is 5.97 Å². The predicted octanol–water partition coefficient (Wildman–Crippen LogP) is 4.24. The molecule has 0 aromatic heterocycles. The minimum absolute atomic E-state index is 0.238. The number of ether oxygens (including phenoxy) is 2. The normalized spacial score (nSPS) is 42.2. The van der Waals surface area contributed by atoms with Gasteiger partial charge in [-0.25, -0.2) is 0 Å². The number of benzene rings is 1. The first-order chi connectivity index (χ1) is 11.5. The summed E-state index contributed by atoms with van der Waals surface area (Å²) in [6.07, 6.45) is 7.59. The fourth-order valence-electron chi connectivity index (χ4n) is 6.44. The van der Waals surface area contributed by atoms with Gasteiger partial charge in [0.05, 0.1) is 12.2 Å². The third kappa shape index (κ3) is 1.91. The smallest absolute Gasteiger partial charge is 0.308 e. The Hall–Kier alpha value is -1.35. The van der Waals surface area contributed by atoms with Crippen molar-refractivity contribution in [2.24, 2.45) is 17.3 Å². The van der Waals surface area contributed by atoms with Crippen LogP contribution in [0.2, 0.25) is 0 Å². The number of esters is 1. The Balaban J connectivity index is 1.46. The highest BCUT2D eigenvalue weighted by molar-refractivity contribution is 5.69. The molecule has 1 aromatic carbocycles. The van der Waals surface area contributed by atoms with E-state index in [0.717, 1.165) is 24.9 Å². The van der Waals surface area contributed by atoms with Crippen molar-refractivity contribution in [1.29, 1.82) is 0 Å². The molecule has 5 rings (SSSR count). The fraction of sp³-hybridized carbons (Fsp3) is 0.667. The number of epoxide rings is 1. The largest absolute Gasteiger partial charge is 0.427 e. The van der Waals surface area contributed by atoms with Gasteiger partial charge in [-0.3, -0.25) is 4.79 Å². The summed E-state index contributed by atoms with van der Waals surface area (Å²) in [6.45, 7) is 4.97. The summed E-state index contributed by atoms with van der Waals surface area (Å²) in [5.74, 6) is 2.77. The summed E-state index contributed by atoms with van der Waals surface area (Å²) in [5.41, 5.74) is 3.56. The highest BCUT2D eigenvalue weighted by Crippen LogP contribution is 2.68. The Morgan fingerprint density at radius 2 is 2.08 bits per heavy atom. The summed E-state index contributed by atoms with van der Waals surface area (Å²) in [4.78, 5) is 11.2. The monoisotopic (exact) mass is 326 g/mol. The average molecular weight is 326 g/mol. The zero-order valence-electron chi connectivity index (χ0n) is 14.6. The van der Waals surface area contributed by atoms with E-state index in [1.165, 1.54) is 50.2 Å². The van der Waals surface area contributed by atoms with E-state index in [1.807, 2.05) is 6.07 Å². The van der Waals surface area contributed by atoms with Gasteiger partial charge in [-0.05, 0) is 79.5 Å². The Kier molecular flexibility index (Phi) is 3.02. The minimum atomic E-state index is -0.238. The number of aryl methyl sites for hydroxylation is 1. The van der Waals surface area contributed by atoms with E-state index < -0.39 is 0 Å². The summed E-state index contributed by atoms with van der Waals surface area (Å²) in [6, 6.07) is 6.31. The molecule has 3 aliphatic carbocycles. The van der Waals surface area contributed by atoms with E-state index in [1.54, 1.807) is 0 Å². The van der Waals surface area contributed by atoms with Gasteiger partial charge in [0.15, 0.2) is 0 Å². The van der Waals surface area contributed by atoms with Crippen molar-refractivity contribution >= 4 is 5.97 Å². The van der Waals surface area contributed by atoms with Gasteiger partial charge in [-0.2, -0.15) is 0 Å². The van der Waals surface area contributed by atoms with Crippen LogP contribution in [0.25, 0.3) is 0 Å². The first kappa shape index (κ1) is 14.9. The molecular formula is C21H26O3. The summed E-state index contributed by atoms with van der Waals surface area (Å²) < 4.78 is 11.3. The van der Waals surface area contributed by atoms with Crippen molar-refractivity contribution in [3.05, 3.63) is 29.3 Å². The molecule has 3 nitrogen and oxygen atoms in total. The maximum absolute atomic E-state index is 11.2. The first-order valence-corrected chi connectivity index (χ1v) is 9.48. The molecule has 0 unspecified atom stereocenters. The predicted molar refractivity (Wildman–Crippen MR) is 91.1 cm³/mol. The minimum Gasteiger partial charge on any atom is -0.427 e. The molecule has 4 aliphatic rings. The summed E-state index contributed by atoms with van der Waals surface area (Å²) in [5, 5.41) is 0. The molecular weight excluding hydrogens is 300 g/mol. The molecule has 128 valence electrons. The first-order valence-electron chi connectivity index (χ1n) is 9.48. The van der Waals surface area contributed by atoms with E-state index in [-0.39, 0.29) is 11.6 Å². The van der Waals surface area contributed by atoms with Crippen LogP contribution in [0.15, 0.2) is 18.2 Å². The zero-order valence-corrected chi connectivity index (χ0v) is 14.6. The SMILES string of the molecule is CC(=O)Oc1ccc2c(c1)CC[C@H]1[C@@H]2CC[C@]2(C)[C@@H]1CC[C@@]21CO1. The average Bonchev–Trinajstić information content (AvgIpc) is 3.28. The zero-order chi connectivity index (χ0) is 16.5.